The van der Waals surface area contributed by atoms with Gasteiger partial charge in [0.25, 0.3) is 0 Å². The predicted octanol–water partition coefficient (Wildman–Crippen LogP) is 5.73. The monoisotopic (exact) mass is 428 g/mol. The van der Waals surface area contributed by atoms with Crippen LogP contribution >= 0.6 is 0 Å². The fraction of sp³-hybridized carbons (Fsp3) is 0.714. The van der Waals surface area contributed by atoms with Crippen LogP contribution in [0.5, 0.6) is 0 Å². The van der Waals surface area contributed by atoms with E-state index >= 15 is 0 Å². The molecule has 0 saturated heterocycles. The lowest BCUT2D eigenvalue weighted by Crippen LogP contribution is -2.35. The van der Waals surface area contributed by atoms with Gasteiger partial charge in [-0.15, -0.1) is 0 Å². The Morgan fingerprint density at radius 1 is 1.13 bits per heavy atom. The zero-order chi connectivity index (χ0) is 23.0. The average molecular weight is 429 g/mol. The third kappa shape index (κ3) is 5.26. The van der Waals surface area contributed by atoms with E-state index in [1.807, 2.05) is 13.8 Å². The maximum absolute atomic E-state index is 10.3. The third-order valence-electron chi connectivity index (χ3n) is 8.75. The standard InChI is InChI=1S/C28H44O3/c1-18(9-10-19(2)27(4,5)31)24-13-14-25-21(8-7-15-28(24,25)6)11-12-22-16-23(29)17-26(30)20(22)3/h9-12,18-19,23-26,29-31H,3,7-8,13-17H2,1-2,4-6H3/b10-9+,21-11+,22-12-/t18-,19+,23-,24-,25?,26-,28-/m1/s1. The lowest BCUT2D eigenvalue weighted by molar-refractivity contribution is 0.0436. The number of aliphatic hydroxyl groups excluding tert-OH is 2. The predicted molar refractivity (Wildman–Crippen MR) is 128 cm³/mol. The zero-order valence-electron chi connectivity index (χ0n) is 20.3. The summed E-state index contributed by atoms with van der Waals surface area (Å²) < 4.78 is 0. The van der Waals surface area contributed by atoms with E-state index in [2.05, 4.69) is 51.7 Å². The quantitative estimate of drug-likeness (QED) is 0.490. The fourth-order valence-corrected chi connectivity index (χ4v) is 6.32. The van der Waals surface area contributed by atoms with Gasteiger partial charge in [0.2, 0.25) is 0 Å². The van der Waals surface area contributed by atoms with Gasteiger partial charge in [-0.2, -0.15) is 0 Å². The molecule has 3 N–H and O–H groups in total. The molecule has 31 heavy (non-hydrogen) atoms. The molecule has 3 rings (SSSR count). The van der Waals surface area contributed by atoms with Crippen LogP contribution < -0.4 is 0 Å². The van der Waals surface area contributed by atoms with Gasteiger partial charge in [-0.3, -0.25) is 0 Å². The van der Waals surface area contributed by atoms with E-state index in [4.69, 9.17) is 0 Å². The highest BCUT2D eigenvalue weighted by Gasteiger charge is 2.50. The highest BCUT2D eigenvalue weighted by atomic mass is 16.3. The van der Waals surface area contributed by atoms with Crippen molar-refractivity contribution in [1.29, 1.82) is 0 Å². The number of hydrogen-bond acceptors (Lipinski definition) is 3. The zero-order valence-corrected chi connectivity index (χ0v) is 20.3. The molecule has 0 amide bonds. The number of allylic oxidation sites excluding steroid dienone is 4. The number of hydrogen-bond donors (Lipinski definition) is 3. The van der Waals surface area contributed by atoms with Crippen LogP contribution in [0.15, 0.2) is 47.6 Å². The lowest BCUT2D eigenvalue weighted by Gasteiger charge is -2.44. The van der Waals surface area contributed by atoms with E-state index in [0.717, 1.165) is 17.6 Å². The number of fused-ring (bicyclic) bond motifs is 1. The minimum Gasteiger partial charge on any atom is -0.393 e. The molecule has 3 heteroatoms. The van der Waals surface area contributed by atoms with E-state index < -0.39 is 17.8 Å². The van der Waals surface area contributed by atoms with E-state index in [0.29, 0.717) is 36.0 Å². The minimum atomic E-state index is -0.684. The molecule has 0 aromatic heterocycles. The van der Waals surface area contributed by atoms with Crippen molar-refractivity contribution in [3.05, 3.63) is 47.6 Å². The molecule has 3 aliphatic carbocycles. The summed E-state index contributed by atoms with van der Waals surface area (Å²) in [5.41, 5.74) is 2.93. The maximum Gasteiger partial charge on any atom is 0.0811 e. The first-order valence-corrected chi connectivity index (χ1v) is 12.3. The summed E-state index contributed by atoms with van der Waals surface area (Å²) >= 11 is 0. The minimum absolute atomic E-state index is 0.141. The van der Waals surface area contributed by atoms with Gasteiger partial charge in [0.15, 0.2) is 0 Å². The second kappa shape index (κ2) is 9.37. The molecule has 0 aliphatic heterocycles. The lowest BCUT2D eigenvalue weighted by atomic mass is 9.61. The Labute approximate surface area is 189 Å². The molecule has 0 spiro atoms. The highest BCUT2D eigenvalue weighted by Crippen LogP contribution is 2.59. The first-order chi connectivity index (χ1) is 14.4. The van der Waals surface area contributed by atoms with Crippen LogP contribution in [0.3, 0.4) is 0 Å². The van der Waals surface area contributed by atoms with Crippen LogP contribution in [-0.4, -0.2) is 33.1 Å². The molecular weight excluding hydrogens is 384 g/mol. The molecule has 0 radical (unpaired) electrons. The Morgan fingerprint density at radius 3 is 2.52 bits per heavy atom. The van der Waals surface area contributed by atoms with E-state index in [1.165, 1.54) is 31.3 Å². The molecule has 3 nitrogen and oxygen atoms in total. The Hall–Kier alpha value is -1.16. The van der Waals surface area contributed by atoms with Gasteiger partial charge in [-0.25, -0.2) is 0 Å². The van der Waals surface area contributed by atoms with Gasteiger partial charge < -0.3 is 15.3 Å². The summed E-state index contributed by atoms with van der Waals surface area (Å²) in [6, 6.07) is 0. The Bertz CT molecular complexity index is 753. The van der Waals surface area contributed by atoms with Crippen molar-refractivity contribution >= 4 is 0 Å². The summed E-state index contributed by atoms with van der Waals surface area (Å²) in [6.45, 7) is 14.7. The molecule has 7 atom stereocenters. The molecule has 0 aromatic carbocycles. The summed E-state index contributed by atoms with van der Waals surface area (Å²) in [5.74, 6) is 1.91. The van der Waals surface area contributed by atoms with Gasteiger partial charge in [0, 0.05) is 12.3 Å². The van der Waals surface area contributed by atoms with Crippen molar-refractivity contribution in [3.8, 4) is 0 Å². The van der Waals surface area contributed by atoms with E-state index in [9.17, 15) is 15.3 Å². The molecule has 3 aliphatic rings. The van der Waals surface area contributed by atoms with Crippen LogP contribution in [0.25, 0.3) is 0 Å². The normalized spacial score (nSPS) is 39.3. The van der Waals surface area contributed by atoms with Gasteiger partial charge in [-0.1, -0.05) is 57.2 Å². The molecule has 3 fully saturated rings. The third-order valence-corrected chi connectivity index (χ3v) is 8.75. The molecule has 0 heterocycles. The van der Waals surface area contributed by atoms with Crippen molar-refractivity contribution < 1.29 is 15.3 Å². The van der Waals surface area contributed by atoms with Crippen LogP contribution in [-0.2, 0) is 0 Å². The van der Waals surface area contributed by atoms with Crippen molar-refractivity contribution in [1.82, 2.24) is 0 Å². The van der Waals surface area contributed by atoms with Crippen molar-refractivity contribution in [2.75, 3.05) is 0 Å². The second-order valence-corrected chi connectivity index (χ2v) is 11.4. The number of aliphatic hydroxyl groups is 3. The largest absolute Gasteiger partial charge is 0.393 e. The molecule has 3 saturated carbocycles. The van der Waals surface area contributed by atoms with E-state index in [1.54, 1.807) is 0 Å². The van der Waals surface area contributed by atoms with Gasteiger partial charge in [-0.05, 0) is 86.7 Å². The molecule has 174 valence electrons. The van der Waals surface area contributed by atoms with Crippen molar-refractivity contribution in [3.63, 3.8) is 0 Å². The molecule has 1 unspecified atom stereocenters. The van der Waals surface area contributed by atoms with Crippen LogP contribution in [0.1, 0.15) is 79.6 Å². The van der Waals surface area contributed by atoms with Crippen molar-refractivity contribution in [2.45, 2.75) is 97.4 Å². The topological polar surface area (TPSA) is 60.7 Å². The molecule has 0 bridgehead atoms. The fourth-order valence-electron chi connectivity index (χ4n) is 6.32. The summed E-state index contributed by atoms with van der Waals surface area (Å²) in [6.07, 6.45) is 15.0. The highest BCUT2D eigenvalue weighted by molar-refractivity contribution is 5.38. The Morgan fingerprint density at radius 2 is 1.84 bits per heavy atom. The van der Waals surface area contributed by atoms with Crippen molar-refractivity contribution in [2.24, 2.45) is 29.1 Å². The molecular formula is C28H44O3. The summed E-state index contributed by atoms with van der Waals surface area (Å²) in [7, 11) is 0. The van der Waals surface area contributed by atoms with E-state index in [-0.39, 0.29) is 5.92 Å². The van der Waals surface area contributed by atoms with Crippen LogP contribution in [0, 0.1) is 29.1 Å². The summed E-state index contributed by atoms with van der Waals surface area (Å²) in [5, 5.41) is 30.4. The van der Waals surface area contributed by atoms with Gasteiger partial charge in [0.05, 0.1) is 17.8 Å². The van der Waals surface area contributed by atoms with Crippen LogP contribution in [0.2, 0.25) is 0 Å². The summed E-state index contributed by atoms with van der Waals surface area (Å²) in [4.78, 5) is 0. The number of rotatable bonds is 5. The Balaban J connectivity index is 1.76. The average Bonchev–Trinajstić information content (AvgIpc) is 3.04. The first kappa shape index (κ1) is 24.5. The second-order valence-electron chi connectivity index (χ2n) is 11.4. The first-order valence-electron chi connectivity index (χ1n) is 12.3. The Kier molecular flexibility index (Phi) is 7.40. The molecule has 0 aromatic rings. The smallest absolute Gasteiger partial charge is 0.0811 e. The SMILES string of the molecule is C=C1/C(=C\C=C2/CCC[C@@]3(C)C2CC[C@@H]3[C@H](C)/C=C/[C@H](C)C(C)(C)O)C[C@@H](O)C[C@H]1O. The van der Waals surface area contributed by atoms with Gasteiger partial charge >= 0.3 is 0 Å². The van der Waals surface area contributed by atoms with Gasteiger partial charge in [0.1, 0.15) is 0 Å². The maximum atomic E-state index is 10.3. The van der Waals surface area contributed by atoms with Crippen LogP contribution in [0.4, 0.5) is 0 Å².